The van der Waals surface area contributed by atoms with Gasteiger partial charge < -0.3 is 14.0 Å². The van der Waals surface area contributed by atoms with Crippen LogP contribution in [0.4, 0.5) is 0 Å². The molecular weight excluding hydrogens is 417 g/mol. The van der Waals surface area contributed by atoms with Crippen LogP contribution in [0.3, 0.4) is 0 Å². The number of hydrogen-bond donors (Lipinski definition) is 0. The summed E-state index contributed by atoms with van der Waals surface area (Å²) in [6, 6.07) is 6.38. The second-order valence-electron chi connectivity index (χ2n) is 5.32. The Labute approximate surface area is 169 Å². The van der Waals surface area contributed by atoms with Crippen LogP contribution in [-0.4, -0.2) is 27.7 Å². The lowest BCUT2D eigenvalue weighted by atomic mass is 10.3. The molecule has 0 spiro atoms. The summed E-state index contributed by atoms with van der Waals surface area (Å²) in [5, 5.41) is 4.61. The Bertz CT molecular complexity index is 950. The van der Waals surface area contributed by atoms with E-state index in [1.165, 1.54) is 12.1 Å². The van der Waals surface area contributed by atoms with Gasteiger partial charge in [-0.1, -0.05) is 40.0 Å². The van der Waals surface area contributed by atoms with Gasteiger partial charge in [-0.25, -0.2) is 4.79 Å². The maximum absolute atomic E-state index is 12.0. The zero-order chi connectivity index (χ0) is 19.4. The predicted molar refractivity (Wildman–Crippen MR) is 99.0 cm³/mol. The van der Waals surface area contributed by atoms with Crippen LogP contribution in [0, 0.1) is 0 Å². The van der Waals surface area contributed by atoms with E-state index in [0.717, 1.165) is 0 Å². The molecule has 0 radical (unpaired) electrons. The molecule has 0 aliphatic rings. The monoisotopic (exact) mass is 427 g/mol. The molecule has 3 rings (SSSR count). The molecule has 1 aromatic carbocycles. The lowest BCUT2D eigenvalue weighted by molar-refractivity contribution is -0.152. The highest BCUT2D eigenvalue weighted by molar-refractivity contribution is 6.43. The number of carbonyl (C=O) groups excluding carboxylic acids is 1. The van der Waals surface area contributed by atoms with Crippen molar-refractivity contribution in [2.75, 3.05) is 6.61 Å². The van der Waals surface area contributed by atoms with Crippen LogP contribution in [0.5, 0.6) is 5.75 Å². The van der Waals surface area contributed by atoms with Gasteiger partial charge in [-0.3, -0.25) is 4.98 Å². The van der Waals surface area contributed by atoms with E-state index in [-0.39, 0.29) is 33.3 Å². The fraction of sp³-hybridized carbons (Fsp3) is 0.176. The number of benzene rings is 1. The van der Waals surface area contributed by atoms with Gasteiger partial charge in [-0.15, -0.1) is 0 Å². The zero-order valence-electron chi connectivity index (χ0n) is 13.9. The lowest BCUT2D eigenvalue weighted by Crippen LogP contribution is -2.17. The molecule has 0 amide bonds. The van der Waals surface area contributed by atoms with Gasteiger partial charge in [0.2, 0.25) is 5.82 Å². The van der Waals surface area contributed by atoms with Crippen LogP contribution in [0.2, 0.25) is 15.1 Å². The first-order chi connectivity index (χ1) is 12.9. The minimum absolute atomic E-state index is 0.148. The molecule has 140 valence electrons. The third kappa shape index (κ3) is 4.88. The Morgan fingerprint density at radius 3 is 2.74 bits per heavy atom. The summed E-state index contributed by atoms with van der Waals surface area (Å²) in [4.78, 5) is 20.2. The number of carbonyl (C=O) groups is 1. The minimum Gasteiger partial charge on any atom is -0.480 e. The van der Waals surface area contributed by atoms with E-state index in [1.54, 1.807) is 31.5 Å². The number of rotatable bonds is 6. The molecule has 2 aromatic heterocycles. The molecule has 2 heterocycles. The molecule has 0 aliphatic carbocycles. The first-order valence-corrected chi connectivity index (χ1v) is 8.78. The largest absolute Gasteiger partial charge is 0.480 e. The van der Waals surface area contributed by atoms with E-state index < -0.39 is 12.1 Å². The van der Waals surface area contributed by atoms with E-state index >= 15 is 0 Å². The SMILES string of the molecule is CC(OC(=O)COc1cc(Cl)c(Cl)cc1Cl)c1nc(-c2cccnc2)no1. The lowest BCUT2D eigenvalue weighted by Gasteiger charge is -2.11. The zero-order valence-corrected chi connectivity index (χ0v) is 16.1. The van der Waals surface area contributed by atoms with Crippen molar-refractivity contribution in [2.24, 2.45) is 0 Å². The van der Waals surface area contributed by atoms with Gasteiger partial charge in [-0.05, 0) is 25.1 Å². The van der Waals surface area contributed by atoms with Crippen LogP contribution in [0.1, 0.15) is 18.9 Å². The van der Waals surface area contributed by atoms with Gasteiger partial charge >= 0.3 is 5.97 Å². The van der Waals surface area contributed by atoms with Crippen molar-refractivity contribution < 1.29 is 18.8 Å². The maximum atomic E-state index is 12.0. The second kappa shape index (κ2) is 8.56. The average molecular weight is 429 g/mol. The molecule has 7 nitrogen and oxygen atoms in total. The fourth-order valence-electron chi connectivity index (χ4n) is 2.05. The second-order valence-corrected chi connectivity index (χ2v) is 6.54. The van der Waals surface area contributed by atoms with Crippen LogP contribution in [0.15, 0.2) is 41.2 Å². The van der Waals surface area contributed by atoms with Crippen LogP contribution < -0.4 is 4.74 Å². The number of ether oxygens (including phenoxy) is 2. The van der Waals surface area contributed by atoms with Crippen LogP contribution >= 0.6 is 34.8 Å². The first kappa shape index (κ1) is 19.4. The molecular formula is C17H12Cl3N3O4. The molecule has 0 N–H and O–H groups in total. The summed E-state index contributed by atoms with van der Waals surface area (Å²) in [6.45, 7) is 1.22. The molecule has 0 saturated heterocycles. The molecule has 1 unspecified atom stereocenters. The average Bonchev–Trinajstić information content (AvgIpc) is 3.15. The molecule has 0 bridgehead atoms. The van der Waals surface area contributed by atoms with Crippen molar-refractivity contribution in [3.63, 3.8) is 0 Å². The van der Waals surface area contributed by atoms with Crippen molar-refractivity contribution in [3.05, 3.63) is 57.6 Å². The van der Waals surface area contributed by atoms with E-state index in [4.69, 9.17) is 48.8 Å². The number of nitrogens with zero attached hydrogens (tertiary/aromatic N) is 3. The van der Waals surface area contributed by atoms with E-state index in [1.807, 2.05) is 0 Å². The summed E-state index contributed by atoms with van der Waals surface area (Å²) >= 11 is 17.7. The number of aromatic nitrogens is 3. The minimum atomic E-state index is -0.761. The quantitative estimate of drug-likeness (QED) is 0.412. The van der Waals surface area contributed by atoms with Gasteiger partial charge in [0, 0.05) is 24.0 Å². The molecule has 1 atom stereocenters. The molecule has 10 heteroatoms. The summed E-state index contributed by atoms with van der Waals surface area (Å²) in [5.74, 6) is 0.0627. The normalized spacial score (nSPS) is 11.9. The first-order valence-electron chi connectivity index (χ1n) is 7.65. The third-order valence-corrected chi connectivity index (χ3v) is 4.36. The molecule has 3 aromatic rings. The van der Waals surface area contributed by atoms with Crippen LogP contribution in [0.25, 0.3) is 11.4 Å². The Hall–Kier alpha value is -2.35. The van der Waals surface area contributed by atoms with Crippen molar-refractivity contribution >= 4 is 40.8 Å². The Balaban J connectivity index is 1.58. The highest BCUT2D eigenvalue weighted by Crippen LogP contribution is 2.33. The highest BCUT2D eigenvalue weighted by Gasteiger charge is 2.20. The summed E-state index contributed by atoms with van der Waals surface area (Å²) in [6.07, 6.45) is 2.47. The van der Waals surface area contributed by atoms with E-state index in [2.05, 4.69) is 15.1 Å². The maximum Gasteiger partial charge on any atom is 0.344 e. The van der Waals surface area contributed by atoms with Crippen molar-refractivity contribution in [1.82, 2.24) is 15.1 Å². The van der Waals surface area contributed by atoms with Crippen molar-refractivity contribution in [1.29, 1.82) is 0 Å². The molecule has 27 heavy (non-hydrogen) atoms. The summed E-state index contributed by atoms with van der Waals surface area (Å²) in [5.41, 5.74) is 0.684. The number of esters is 1. The Morgan fingerprint density at radius 1 is 1.22 bits per heavy atom. The van der Waals surface area contributed by atoms with Gasteiger partial charge in [0.25, 0.3) is 5.89 Å². The smallest absolute Gasteiger partial charge is 0.344 e. The summed E-state index contributed by atoms with van der Waals surface area (Å²) < 4.78 is 15.7. The number of hydrogen-bond acceptors (Lipinski definition) is 7. The molecule has 0 fully saturated rings. The van der Waals surface area contributed by atoms with Crippen molar-refractivity contribution in [3.8, 4) is 17.1 Å². The van der Waals surface area contributed by atoms with Gasteiger partial charge in [0.15, 0.2) is 12.7 Å². The standard InChI is InChI=1S/C17H12Cl3N3O4/c1-9(17-22-16(23-27-17)10-3-2-4-21-7-10)26-15(24)8-25-14-6-12(19)11(18)5-13(14)20/h2-7,9H,8H2,1H3. The topological polar surface area (TPSA) is 87.3 Å². The third-order valence-electron chi connectivity index (χ3n) is 3.34. The van der Waals surface area contributed by atoms with Gasteiger partial charge in [-0.2, -0.15) is 4.98 Å². The predicted octanol–water partition coefficient (Wildman–Crippen LogP) is 4.78. The van der Waals surface area contributed by atoms with E-state index in [0.29, 0.717) is 11.4 Å². The fourth-order valence-corrected chi connectivity index (χ4v) is 2.64. The molecule has 0 aliphatic heterocycles. The van der Waals surface area contributed by atoms with Gasteiger partial charge in [0.05, 0.1) is 15.1 Å². The number of halogens is 3. The van der Waals surface area contributed by atoms with E-state index in [9.17, 15) is 4.79 Å². The summed E-state index contributed by atoms with van der Waals surface area (Å²) in [7, 11) is 0. The van der Waals surface area contributed by atoms with Gasteiger partial charge in [0.1, 0.15) is 5.75 Å². The van der Waals surface area contributed by atoms with Crippen molar-refractivity contribution in [2.45, 2.75) is 13.0 Å². The van der Waals surface area contributed by atoms with Crippen LogP contribution in [-0.2, 0) is 9.53 Å². The Morgan fingerprint density at radius 2 is 2.00 bits per heavy atom. The number of pyridine rings is 1. The Kier molecular flexibility index (Phi) is 6.15. The highest BCUT2D eigenvalue weighted by atomic mass is 35.5. The molecule has 0 saturated carbocycles.